The monoisotopic (exact) mass is 369 g/mol. The molecule has 0 spiro atoms. The molecule has 2 atom stereocenters. The van der Waals surface area contributed by atoms with Crippen LogP contribution in [0.15, 0.2) is 36.7 Å². The highest BCUT2D eigenvalue weighted by atomic mass is 19.1. The van der Waals surface area contributed by atoms with Gasteiger partial charge in [-0.2, -0.15) is 5.10 Å². The third-order valence-corrected chi connectivity index (χ3v) is 4.66. The molecule has 0 aliphatic carbocycles. The van der Waals surface area contributed by atoms with Crippen LogP contribution in [0.5, 0.6) is 5.75 Å². The summed E-state index contributed by atoms with van der Waals surface area (Å²) in [6.45, 7) is 4.21. The molecule has 140 valence electrons. The summed E-state index contributed by atoms with van der Waals surface area (Å²) in [5.74, 6) is 0.549. The van der Waals surface area contributed by atoms with E-state index < -0.39 is 0 Å². The number of aromatic nitrogens is 3. The maximum Gasteiger partial charge on any atom is 0.256 e. The minimum absolute atomic E-state index is 0.242. The Morgan fingerprint density at radius 1 is 1.37 bits per heavy atom. The summed E-state index contributed by atoms with van der Waals surface area (Å²) >= 11 is 0. The van der Waals surface area contributed by atoms with Crippen LogP contribution in [-0.2, 0) is 0 Å². The van der Waals surface area contributed by atoms with Crippen molar-refractivity contribution >= 4 is 17.4 Å². The van der Waals surface area contributed by atoms with E-state index in [1.165, 1.54) is 18.3 Å². The first-order chi connectivity index (χ1) is 13.0. The highest BCUT2D eigenvalue weighted by Crippen LogP contribution is 2.30. The predicted molar refractivity (Wildman–Crippen MR) is 98.5 cm³/mol. The van der Waals surface area contributed by atoms with E-state index in [0.29, 0.717) is 41.3 Å². The number of anilines is 1. The van der Waals surface area contributed by atoms with E-state index in [9.17, 15) is 9.18 Å². The zero-order valence-corrected chi connectivity index (χ0v) is 15.1. The molecule has 2 aromatic heterocycles. The predicted octanol–water partition coefficient (Wildman–Crippen LogP) is 2.94. The number of amides is 1. The van der Waals surface area contributed by atoms with Crippen LogP contribution in [-0.4, -0.2) is 33.2 Å². The van der Waals surface area contributed by atoms with E-state index in [1.54, 1.807) is 22.8 Å². The molecule has 27 heavy (non-hydrogen) atoms. The van der Waals surface area contributed by atoms with Crippen LogP contribution < -0.4 is 15.4 Å². The molecule has 0 saturated heterocycles. The van der Waals surface area contributed by atoms with Crippen molar-refractivity contribution < 1.29 is 13.9 Å². The smallest absolute Gasteiger partial charge is 0.256 e. The van der Waals surface area contributed by atoms with Crippen molar-refractivity contribution in [3.05, 3.63) is 53.6 Å². The van der Waals surface area contributed by atoms with Gasteiger partial charge in [0, 0.05) is 11.8 Å². The first-order valence-electron chi connectivity index (χ1n) is 8.90. The summed E-state index contributed by atoms with van der Waals surface area (Å²) in [6, 6.07) is 5.96. The lowest BCUT2D eigenvalue weighted by Crippen LogP contribution is -2.35. The Labute approximate surface area is 155 Å². The van der Waals surface area contributed by atoms with Gasteiger partial charge >= 0.3 is 0 Å². The first kappa shape index (κ1) is 17.3. The van der Waals surface area contributed by atoms with E-state index >= 15 is 0 Å². The zero-order chi connectivity index (χ0) is 19.0. The molecule has 1 aliphatic heterocycles. The molecule has 2 N–H and O–H groups in total. The fraction of sp³-hybridized carbons (Fsp3) is 0.316. The SMILES string of the molecule is CC[C@H]1CNC(=O)c2cnn3ccc(nc23)N[C@H](C)c2cc(F)ccc2O1. The van der Waals surface area contributed by atoms with Crippen molar-refractivity contribution in [3.8, 4) is 5.75 Å². The van der Waals surface area contributed by atoms with Gasteiger partial charge in [-0.15, -0.1) is 0 Å². The van der Waals surface area contributed by atoms with Gasteiger partial charge in [-0.3, -0.25) is 4.79 Å². The van der Waals surface area contributed by atoms with Gasteiger partial charge < -0.3 is 15.4 Å². The zero-order valence-electron chi connectivity index (χ0n) is 15.1. The molecule has 0 fully saturated rings. The lowest BCUT2D eigenvalue weighted by Gasteiger charge is -2.23. The molecular weight excluding hydrogens is 349 g/mol. The molecule has 7 nitrogen and oxygen atoms in total. The number of carbonyl (C=O) groups excluding carboxylic acids is 1. The van der Waals surface area contributed by atoms with Crippen molar-refractivity contribution in [3.63, 3.8) is 0 Å². The molecule has 2 bridgehead atoms. The average molecular weight is 369 g/mol. The fourth-order valence-corrected chi connectivity index (χ4v) is 3.12. The second-order valence-electron chi connectivity index (χ2n) is 6.55. The van der Waals surface area contributed by atoms with Gasteiger partial charge in [-0.25, -0.2) is 13.9 Å². The Balaban J connectivity index is 1.82. The molecule has 0 saturated carbocycles. The van der Waals surface area contributed by atoms with E-state index in [2.05, 4.69) is 20.7 Å². The molecule has 3 heterocycles. The summed E-state index contributed by atoms with van der Waals surface area (Å²) in [7, 11) is 0. The molecule has 1 aliphatic rings. The second-order valence-corrected chi connectivity index (χ2v) is 6.55. The summed E-state index contributed by atoms with van der Waals surface area (Å²) in [4.78, 5) is 17.1. The Kier molecular flexibility index (Phi) is 4.39. The van der Waals surface area contributed by atoms with Crippen molar-refractivity contribution in [1.82, 2.24) is 19.9 Å². The number of benzene rings is 1. The van der Waals surface area contributed by atoms with Crippen molar-refractivity contribution in [2.75, 3.05) is 11.9 Å². The number of hydrogen-bond donors (Lipinski definition) is 2. The lowest BCUT2D eigenvalue weighted by atomic mass is 10.1. The van der Waals surface area contributed by atoms with E-state index in [-0.39, 0.29) is 23.9 Å². The molecule has 1 aromatic carbocycles. The number of rotatable bonds is 1. The van der Waals surface area contributed by atoms with E-state index in [0.717, 1.165) is 0 Å². The summed E-state index contributed by atoms with van der Waals surface area (Å²) < 4.78 is 21.5. The number of ether oxygens (including phenoxy) is 1. The minimum Gasteiger partial charge on any atom is -0.488 e. The number of fused-ring (bicyclic) bond motifs is 2. The quantitative estimate of drug-likeness (QED) is 0.689. The topological polar surface area (TPSA) is 80.6 Å². The van der Waals surface area contributed by atoms with Gasteiger partial charge in [0.15, 0.2) is 5.65 Å². The average Bonchev–Trinajstić information content (AvgIpc) is 3.08. The van der Waals surface area contributed by atoms with Gasteiger partial charge in [0.2, 0.25) is 0 Å². The maximum absolute atomic E-state index is 13.9. The van der Waals surface area contributed by atoms with E-state index in [1.807, 2.05) is 13.8 Å². The number of halogens is 1. The van der Waals surface area contributed by atoms with Crippen LogP contribution in [0, 0.1) is 5.82 Å². The summed E-state index contributed by atoms with van der Waals surface area (Å²) in [5, 5.41) is 10.3. The summed E-state index contributed by atoms with van der Waals surface area (Å²) in [5.41, 5.74) is 1.54. The highest BCUT2D eigenvalue weighted by Gasteiger charge is 2.21. The van der Waals surface area contributed by atoms with Crippen molar-refractivity contribution in [2.45, 2.75) is 32.4 Å². The number of hydrogen-bond acceptors (Lipinski definition) is 5. The van der Waals surface area contributed by atoms with Crippen LogP contribution in [0.25, 0.3) is 5.65 Å². The third-order valence-electron chi connectivity index (χ3n) is 4.66. The third kappa shape index (κ3) is 3.30. The number of nitrogens with one attached hydrogen (secondary N) is 2. The van der Waals surface area contributed by atoms with Crippen LogP contribution in [0.4, 0.5) is 10.2 Å². The molecule has 0 unspecified atom stereocenters. The van der Waals surface area contributed by atoms with Gasteiger partial charge in [-0.05, 0) is 37.6 Å². The van der Waals surface area contributed by atoms with E-state index in [4.69, 9.17) is 4.74 Å². The van der Waals surface area contributed by atoms with Crippen molar-refractivity contribution in [1.29, 1.82) is 0 Å². The fourth-order valence-electron chi connectivity index (χ4n) is 3.12. The van der Waals surface area contributed by atoms with Crippen LogP contribution in [0.1, 0.15) is 42.2 Å². The highest BCUT2D eigenvalue weighted by molar-refractivity contribution is 5.99. The van der Waals surface area contributed by atoms with Gasteiger partial charge in [0.1, 0.15) is 29.1 Å². The molecular formula is C19H20FN5O2. The van der Waals surface area contributed by atoms with Gasteiger partial charge in [-0.1, -0.05) is 6.92 Å². The Bertz CT molecular complexity index is 1000. The van der Waals surface area contributed by atoms with Gasteiger partial charge in [0.05, 0.1) is 18.8 Å². The molecule has 4 rings (SSSR count). The van der Waals surface area contributed by atoms with Crippen molar-refractivity contribution in [2.24, 2.45) is 0 Å². The van der Waals surface area contributed by atoms with Crippen LogP contribution >= 0.6 is 0 Å². The standard InChI is InChI=1S/C19H20FN5O2/c1-3-13-9-21-19(26)15-10-22-25-7-6-17(24-18(15)25)23-11(2)14-8-12(20)4-5-16(14)27-13/h4-8,10-11,13H,3,9H2,1-2H3,(H,21,26)(H,23,24)/t11-,13+/m1/s1. The Hall–Kier alpha value is -3.16. The Morgan fingerprint density at radius 3 is 3.04 bits per heavy atom. The minimum atomic E-state index is -0.335. The molecule has 3 aromatic rings. The molecule has 0 radical (unpaired) electrons. The van der Waals surface area contributed by atoms with Crippen LogP contribution in [0.3, 0.4) is 0 Å². The number of nitrogens with zero attached hydrogens (tertiary/aromatic N) is 3. The second kappa shape index (κ2) is 6.86. The maximum atomic E-state index is 13.9. The molecule has 8 heteroatoms. The normalized spacial score (nSPS) is 19.9. The van der Waals surface area contributed by atoms with Gasteiger partial charge in [0.25, 0.3) is 5.91 Å². The Morgan fingerprint density at radius 2 is 2.22 bits per heavy atom. The first-order valence-corrected chi connectivity index (χ1v) is 8.90. The largest absolute Gasteiger partial charge is 0.488 e. The number of carbonyl (C=O) groups is 1. The molecule has 1 amide bonds. The lowest BCUT2D eigenvalue weighted by molar-refractivity contribution is 0.0927. The summed E-state index contributed by atoms with van der Waals surface area (Å²) in [6.07, 6.45) is 3.67. The van der Waals surface area contributed by atoms with Crippen LogP contribution in [0.2, 0.25) is 0 Å².